The van der Waals surface area contributed by atoms with Crippen molar-refractivity contribution in [2.75, 3.05) is 0 Å². The molecule has 0 aliphatic rings. The molecule has 0 amide bonds. The fourth-order valence-corrected chi connectivity index (χ4v) is 2.31. The third-order valence-corrected chi connectivity index (χ3v) is 3.59. The molecule has 163 valence electrons. The molecule has 0 saturated carbocycles. The van der Waals surface area contributed by atoms with Crippen LogP contribution in [0.5, 0.6) is 0 Å². The Hall–Kier alpha value is -2.35. The molecule has 0 heterocycles. The molecule has 0 aliphatic carbocycles. The van der Waals surface area contributed by atoms with Gasteiger partial charge in [0.25, 0.3) is 0 Å². The Morgan fingerprint density at radius 2 is 0.645 bits per heavy atom. The molecule has 1 radical (unpaired) electrons. The molecule has 0 unspecified atom stereocenters. The Labute approximate surface area is 222 Å². The minimum Gasteiger partial charge on any atom is -0.481 e. The molecule has 0 aromatic heterocycles. The van der Waals surface area contributed by atoms with E-state index in [1.807, 2.05) is 54.6 Å². The smallest absolute Gasteiger partial charge is 0.307 e. The van der Waals surface area contributed by atoms with Crippen molar-refractivity contribution in [1.29, 1.82) is 0 Å². The molecule has 31 heavy (non-hydrogen) atoms. The van der Waals surface area contributed by atoms with E-state index in [0.29, 0.717) is 0 Å². The summed E-state index contributed by atoms with van der Waals surface area (Å²) >= 11 is 0. The third-order valence-electron chi connectivity index (χ3n) is 3.59. The first kappa shape index (κ1) is 28.7. The maximum atomic E-state index is 10.2. The van der Waals surface area contributed by atoms with Crippen LogP contribution in [0.4, 0.5) is 0 Å². The van der Waals surface area contributed by atoms with Gasteiger partial charge in [0.05, 0.1) is 19.3 Å². The van der Waals surface area contributed by atoms with Gasteiger partial charge in [0.2, 0.25) is 0 Å². The van der Waals surface area contributed by atoms with Crippen LogP contribution < -0.4 is 0 Å². The molecule has 6 nitrogen and oxygen atoms in total. The molecule has 3 aromatic rings. The van der Waals surface area contributed by atoms with E-state index in [9.17, 15) is 14.4 Å². The number of hydrogen-bond acceptors (Lipinski definition) is 3. The predicted molar refractivity (Wildman–Crippen MR) is 113 cm³/mol. The zero-order chi connectivity index (χ0) is 22.2. The minimum atomic E-state index is -0.786. The molecule has 0 spiro atoms. The van der Waals surface area contributed by atoms with Crippen molar-refractivity contribution in [3.05, 3.63) is 108 Å². The molecule has 0 bridgehead atoms. The Bertz CT molecular complexity index is 777. The average molecular weight is 560 g/mol. The van der Waals surface area contributed by atoms with Crippen molar-refractivity contribution in [3.8, 4) is 0 Å². The first-order valence-corrected chi connectivity index (χ1v) is 9.14. The molecular formula is C24H24EuO6. The van der Waals surface area contributed by atoms with Crippen LogP contribution in [0.1, 0.15) is 16.7 Å². The van der Waals surface area contributed by atoms with Crippen LogP contribution in [0.3, 0.4) is 0 Å². The topological polar surface area (TPSA) is 112 Å². The van der Waals surface area contributed by atoms with E-state index in [1.54, 1.807) is 36.4 Å². The summed E-state index contributed by atoms with van der Waals surface area (Å²) in [5.41, 5.74) is 2.53. The minimum absolute atomic E-state index is 0. The number of carboxylic acids is 3. The average Bonchev–Trinajstić information content (AvgIpc) is 2.70. The SMILES string of the molecule is O=C(O)Cc1ccccc1.O=C(O)Cc1ccccc1.O=C(O)Cc1ccccc1.[Eu]. The van der Waals surface area contributed by atoms with E-state index < -0.39 is 17.9 Å². The van der Waals surface area contributed by atoms with Gasteiger partial charge in [-0.05, 0) is 16.7 Å². The summed E-state index contributed by atoms with van der Waals surface area (Å²) < 4.78 is 0. The first-order valence-electron chi connectivity index (χ1n) is 9.14. The van der Waals surface area contributed by atoms with Crippen molar-refractivity contribution < 1.29 is 79.1 Å². The molecular weight excluding hydrogens is 536 g/mol. The Morgan fingerprint density at radius 3 is 0.806 bits per heavy atom. The van der Waals surface area contributed by atoms with E-state index in [-0.39, 0.29) is 68.6 Å². The van der Waals surface area contributed by atoms with Crippen LogP contribution in [0.15, 0.2) is 91.0 Å². The van der Waals surface area contributed by atoms with Crippen LogP contribution in [-0.4, -0.2) is 33.2 Å². The quantitative estimate of drug-likeness (QED) is 0.421. The van der Waals surface area contributed by atoms with Crippen molar-refractivity contribution >= 4 is 17.9 Å². The number of aliphatic carboxylic acids is 3. The third kappa shape index (κ3) is 16.1. The number of benzene rings is 3. The molecule has 0 aliphatic heterocycles. The molecule has 0 saturated heterocycles. The van der Waals surface area contributed by atoms with Crippen LogP contribution in [-0.2, 0) is 33.6 Å². The van der Waals surface area contributed by atoms with Crippen LogP contribution in [0.2, 0.25) is 0 Å². The van der Waals surface area contributed by atoms with Crippen LogP contribution >= 0.6 is 0 Å². The molecule has 3 aromatic carbocycles. The van der Waals surface area contributed by atoms with Gasteiger partial charge in [-0.15, -0.1) is 0 Å². The van der Waals surface area contributed by atoms with Crippen LogP contribution in [0, 0.1) is 49.4 Å². The summed E-state index contributed by atoms with van der Waals surface area (Å²) in [6.45, 7) is 0. The summed E-state index contributed by atoms with van der Waals surface area (Å²) in [5, 5.41) is 25.1. The fraction of sp³-hybridized carbons (Fsp3) is 0.125. The molecule has 0 fully saturated rings. The predicted octanol–water partition coefficient (Wildman–Crippen LogP) is 3.94. The van der Waals surface area contributed by atoms with Gasteiger partial charge in [-0.2, -0.15) is 0 Å². The summed E-state index contributed by atoms with van der Waals surface area (Å²) in [4.78, 5) is 30.5. The number of rotatable bonds is 6. The summed E-state index contributed by atoms with van der Waals surface area (Å²) in [6, 6.07) is 27.4. The standard InChI is InChI=1S/3C8H8O2.Eu/c3*9-8(10)6-7-4-2-1-3-5-7;/h3*1-5H,6H2,(H,9,10);. The fourth-order valence-electron chi connectivity index (χ4n) is 2.31. The van der Waals surface area contributed by atoms with Gasteiger partial charge < -0.3 is 15.3 Å². The molecule has 3 N–H and O–H groups in total. The second-order valence-corrected chi connectivity index (χ2v) is 6.17. The Morgan fingerprint density at radius 1 is 0.452 bits per heavy atom. The van der Waals surface area contributed by atoms with E-state index in [4.69, 9.17) is 15.3 Å². The van der Waals surface area contributed by atoms with Gasteiger partial charge in [0, 0.05) is 49.4 Å². The number of carboxylic acid groups (broad SMARTS) is 3. The van der Waals surface area contributed by atoms with Gasteiger partial charge >= 0.3 is 17.9 Å². The monoisotopic (exact) mass is 561 g/mol. The number of carbonyl (C=O) groups is 3. The summed E-state index contributed by atoms with van der Waals surface area (Å²) in [5.74, 6) is -2.36. The molecule has 7 heteroatoms. The van der Waals surface area contributed by atoms with Gasteiger partial charge in [0.15, 0.2) is 0 Å². The second kappa shape index (κ2) is 17.3. The molecule has 0 atom stereocenters. The second-order valence-electron chi connectivity index (χ2n) is 6.17. The van der Waals surface area contributed by atoms with E-state index in [2.05, 4.69) is 0 Å². The van der Waals surface area contributed by atoms with Gasteiger partial charge in [0.1, 0.15) is 0 Å². The molecule has 3 rings (SSSR count). The maximum Gasteiger partial charge on any atom is 0.307 e. The largest absolute Gasteiger partial charge is 0.481 e. The summed E-state index contributed by atoms with van der Waals surface area (Å²) in [7, 11) is 0. The van der Waals surface area contributed by atoms with Crippen LogP contribution in [0.25, 0.3) is 0 Å². The zero-order valence-corrected chi connectivity index (χ0v) is 19.2. The Balaban J connectivity index is 0.000000429. The van der Waals surface area contributed by atoms with Gasteiger partial charge in [-0.1, -0.05) is 91.0 Å². The van der Waals surface area contributed by atoms with Crippen molar-refractivity contribution in [2.24, 2.45) is 0 Å². The van der Waals surface area contributed by atoms with Gasteiger partial charge in [-0.25, -0.2) is 0 Å². The Kier molecular flexibility index (Phi) is 16.0. The van der Waals surface area contributed by atoms with Crippen molar-refractivity contribution in [1.82, 2.24) is 0 Å². The zero-order valence-electron chi connectivity index (χ0n) is 16.7. The summed E-state index contributed by atoms with van der Waals surface area (Å²) in [6.07, 6.45) is 0.336. The normalized spacial score (nSPS) is 8.90. The van der Waals surface area contributed by atoms with E-state index in [0.717, 1.165) is 16.7 Å². The van der Waals surface area contributed by atoms with Crippen molar-refractivity contribution in [3.63, 3.8) is 0 Å². The van der Waals surface area contributed by atoms with E-state index in [1.165, 1.54) is 0 Å². The van der Waals surface area contributed by atoms with Gasteiger partial charge in [-0.3, -0.25) is 14.4 Å². The van der Waals surface area contributed by atoms with E-state index >= 15 is 0 Å². The maximum absolute atomic E-state index is 10.2. The number of hydrogen-bond donors (Lipinski definition) is 3. The first-order chi connectivity index (χ1) is 14.4. The van der Waals surface area contributed by atoms with Crippen molar-refractivity contribution in [2.45, 2.75) is 19.3 Å².